The number of morpholine rings is 1. The first-order valence-corrected chi connectivity index (χ1v) is 13.3. The van der Waals surface area contributed by atoms with Crippen molar-refractivity contribution in [3.8, 4) is 0 Å². The van der Waals surface area contributed by atoms with Gasteiger partial charge in [-0.2, -0.15) is 4.31 Å². The maximum Gasteiger partial charge on any atom is 0.248 e. The van der Waals surface area contributed by atoms with Gasteiger partial charge in [-0.05, 0) is 52.2 Å². The molecular formula is C24H34N4O5S. The summed E-state index contributed by atoms with van der Waals surface area (Å²) in [6, 6.07) is 7.80. The summed E-state index contributed by atoms with van der Waals surface area (Å²) in [6.45, 7) is 10.3. The van der Waals surface area contributed by atoms with Crippen LogP contribution >= 0.6 is 0 Å². The molecule has 2 aromatic rings. The summed E-state index contributed by atoms with van der Waals surface area (Å²) in [5, 5.41) is 6.85. The quantitative estimate of drug-likeness (QED) is 0.664. The van der Waals surface area contributed by atoms with Crippen molar-refractivity contribution in [3.63, 3.8) is 0 Å². The molecule has 2 saturated heterocycles. The third-order valence-corrected chi connectivity index (χ3v) is 8.60. The number of aromatic nitrogens is 1. The third kappa shape index (κ3) is 5.35. The number of hydrogen-bond donors (Lipinski definition) is 1. The molecule has 0 saturated carbocycles. The van der Waals surface area contributed by atoms with Gasteiger partial charge in [0.1, 0.15) is 10.6 Å². The highest BCUT2D eigenvalue weighted by Crippen LogP contribution is 2.29. The number of ether oxygens (including phenoxy) is 1. The summed E-state index contributed by atoms with van der Waals surface area (Å²) in [4.78, 5) is 15.7. The second kappa shape index (κ2) is 10.2. The summed E-state index contributed by atoms with van der Waals surface area (Å²) in [6.07, 6.45) is 1.59. The van der Waals surface area contributed by atoms with Gasteiger partial charge in [0.15, 0.2) is 5.76 Å². The number of nitrogens with one attached hydrogen (secondary N) is 1. The monoisotopic (exact) mass is 490 g/mol. The van der Waals surface area contributed by atoms with Crippen molar-refractivity contribution in [2.45, 2.75) is 64.2 Å². The van der Waals surface area contributed by atoms with Crippen LogP contribution in [0.3, 0.4) is 0 Å². The summed E-state index contributed by atoms with van der Waals surface area (Å²) in [5.74, 6) is -0.319. The van der Waals surface area contributed by atoms with Crippen molar-refractivity contribution >= 4 is 21.6 Å². The van der Waals surface area contributed by atoms with Crippen LogP contribution in [0.2, 0.25) is 0 Å². The Kier molecular flexibility index (Phi) is 7.42. The number of aryl methyl sites for hydroxylation is 2. The van der Waals surface area contributed by atoms with Crippen LogP contribution in [-0.4, -0.2) is 67.1 Å². The van der Waals surface area contributed by atoms with Crippen LogP contribution in [0.1, 0.15) is 43.7 Å². The predicted octanol–water partition coefficient (Wildman–Crippen LogP) is 2.94. The van der Waals surface area contributed by atoms with E-state index in [1.54, 1.807) is 13.8 Å². The highest BCUT2D eigenvalue weighted by atomic mass is 32.2. The lowest BCUT2D eigenvalue weighted by molar-refractivity contribution is -0.120. The van der Waals surface area contributed by atoms with Gasteiger partial charge < -0.3 is 14.6 Å². The van der Waals surface area contributed by atoms with Crippen molar-refractivity contribution in [1.29, 1.82) is 0 Å². The zero-order valence-corrected chi connectivity index (χ0v) is 21.1. The molecule has 0 bridgehead atoms. The van der Waals surface area contributed by atoms with Gasteiger partial charge in [0.05, 0.1) is 18.1 Å². The van der Waals surface area contributed by atoms with E-state index in [4.69, 9.17) is 9.26 Å². The lowest BCUT2D eigenvalue weighted by Gasteiger charge is -2.35. The number of hydrogen-bond acceptors (Lipinski definition) is 7. The van der Waals surface area contributed by atoms with E-state index in [1.165, 1.54) is 4.31 Å². The van der Waals surface area contributed by atoms with Crippen LogP contribution in [0.25, 0.3) is 0 Å². The Bertz CT molecular complexity index is 1100. The molecule has 10 heteroatoms. The van der Waals surface area contributed by atoms with E-state index in [0.717, 1.165) is 24.3 Å². The summed E-state index contributed by atoms with van der Waals surface area (Å²) < 4.78 is 38.7. The van der Waals surface area contributed by atoms with Crippen LogP contribution in [0, 0.1) is 19.8 Å². The van der Waals surface area contributed by atoms with Gasteiger partial charge in [-0.1, -0.05) is 23.4 Å². The minimum absolute atomic E-state index is 0.105. The molecule has 2 aliphatic heterocycles. The van der Waals surface area contributed by atoms with Crippen LogP contribution in [0.4, 0.5) is 5.69 Å². The smallest absolute Gasteiger partial charge is 0.248 e. The lowest BCUT2D eigenvalue weighted by Crippen LogP contribution is -2.45. The summed E-state index contributed by atoms with van der Waals surface area (Å²) in [7, 11) is -3.78. The number of carbonyl (C=O) groups excluding carboxylic acids is 1. The first-order chi connectivity index (χ1) is 16.1. The third-order valence-electron chi connectivity index (χ3n) is 6.49. The molecule has 2 fully saturated rings. The Morgan fingerprint density at radius 1 is 1.15 bits per heavy atom. The van der Waals surface area contributed by atoms with E-state index in [2.05, 4.69) is 29.2 Å². The second-order valence-corrected chi connectivity index (χ2v) is 11.3. The molecule has 1 N–H and O–H groups in total. The number of amides is 1. The minimum Gasteiger partial charge on any atom is -0.373 e. The molecule has 4 rings (SSSR count). The van der Waals surface area contributed by atoms with Crippen LogP contribution in [-0.2, 0) is 26.1 Å². The molecular weight excluding hydrogens is 456 g/mol. The largest absolute Gasteiger partial charge is 0.373 e. The Morgan fingerprint density at radius 2 is 1.85 bits per heavy atom. The molecule has 3 atom stereocenters. The molecule has 3 unspecified atom stereocenters. The average Bonchev–Trinajstić information content (AvgIpc) is 3.13. The number of para-hydroxylation sites is 1. The van der Waals surface area contributed by atoms with E-state index >= 15 is 0 Å². The normalized spacial score (nSPS) is 24.8. The van der Waals surface area contributed by atoms with Crippen LogP contribution < -0.4 is 5.32 Å². The molecule has 2 aliphatic rings. The highest BCUT2D eigenvalue weighted by Gasteiger charge is 2.36. The van der Waals surface area contributed by atoms with Crippen molar-refractivity contribution in [2.24, 2.45) is 5.92 Å². The van der Waals surface area contributed by atoms with Gasteiger partial charge in [-0.15, -0.1) is 0 Å². The fourth-order valence-electron chi connectivity index (χ4n) is 5.02. The van der Waals surface area contributed by atoms with E-state index < -0.39 is 15.9 Å². The second-order valence-electron chi connectivity index (χ2n) is 9.45. The number of benzene rings is 1. The van der Waals surface area contributed by atoms with Gasteiger partial charge >= 0.3 is 0 Å². The number of rotatable bonds is 6. The molecule has 1 amide bonds. The van der Waals surface area contributed by atoms with E-state index in [-0.39, 0.29) is 35.3 Å². The Balaban J connectivity index is 1.45. The van der Waals surface area contributed by atoms with Crippen molar-refractivity contribution in [3.05, 3.63) is 41.3 Å². The number of anilines is 1. The van der Waals surface area contributed by atoms with E-state index in [9.17, 15) is 13.2 Å². The van der Waals surface area contributed by atoms with Crippen molar-refractivity contribution < 1.29 is 22.5 Å². The van der Waals surface area contributed by atoms with Crippen molar-refractivity contribution in [1.82, 2.24) is 14.4 Å². The maximum atomic E-state index is 13.2. The van der Waals surface area contributed by atoms with E-state index in [0.29, 0.717) is 31.6 Å². The minimum atomic E-state index is -3.78. The molecule has 9 nitrogen and oxygen atoms in total. The molecule has 1 aromatic carbocycles. The number of piperidine rings is 1. The van der Waals surface area contributed by atoms with Crippen LogP contribution in [0.5, 0.6) is 0 Å². The van der Waals surface area contributed by atoms with Crippen LogP contribution in [0.15, 0.2) is 33.7 Å². The zero-order valence-electron chi connectivity index (χ0n) is 20.3. The zero-order chi connectivity index (χ0) is 24.5. The van der Waals surface area contributed by atoms with Gasteiger partial charge in [0.25, 0.3) is 0 Å². The molecule has 1 aromatic heterocycles. The number of carbonyl (C=O) groups is 1. The van der Waals surface area contributed by atoms with Gasteiger partial charge in [0.2, 0.25) is 15.9 Å². The molecule has 0 spiro atoms. The summed E-state index contributed by atoms with van der Waals surface area (Å²) in [5.41, 5.74) is 2.14. The first-order valence-electron chi connectivity index (χ1n) is 11.8. The molecule has 186 valence electrons. The average molecular weight is 491 g/mol. The molecule has 0 aliphatic carbocycles. The molecule has 0 radical (unpaired) electrons. The lowest BCUT2D eigenvalue weighted by atomic mass is 9.98. The van der Waals surface area contributed by atoms with Gasteiger partial charge in [-0.3, -0.25) is 9.69 Å². The maximum absolute atomic E-state index is 13.2. The fourth-order valence-corrected chi connectivity index (χ4v) is 6.83. The van der Waals surface area contributed by atoms with Gasteiger partial charge in [-0.25, -0.2) is 8.42 Å². The standard InChI is InChI=1S/C24H34N4O5S/c1-16-12-27(13-17(2)32-16)14-20-8-5-6-10-22(20)25-24(29)21-9-7-11-28(15-21)34(30,31)23-18(3)26-33-19(23)4/h5-6,8,10,16-17,21H,7,9,11-15H2,1-4H3,(H,25,29). The molecule has 34 heavy (non-hydrogen) atoms. The first kappa shape index (κ1) is 24.8. The van der Waals surface area contributed by atoms with Crippen molar-refractivity contribution in [2.75, 3.05) is 31.5 Å². The SMILES string of the molecule is Cc1noc(C)c1S(=O)(=O)N1CCCC(C(=O)Nc2ccccc2CN2CC(C)OC(C)C2)C1. The van der Waals surface area contributed by atoms with E-state index in [1.807, 2.05) is 24.3 Å². The Hall–Kier alpha value is -2.27. The fraction of sp³-hybridized carbons (Fsp3) is 0.583. The Morgan fingerprint density at radius 3 is 2.53 bits per heavy atom. The Labute approximate surface area is 201 Å². The summed E-state index contributed by atoms with van der Waals surface area (Å²) >= 11 is 0. The van der Waals surface area contributed by atoms with Gasteiger partial charge in [0, 0.05) is 38.4 Å². The highest BCUT2D eigenvalue weighted by molar-refractivity contribution is 7.89. The topological polar surface area (TPSA) is 105 Å². The molecule has 3 heterocycles. The number of nitrogens with zero attached hydrogens (tertiary/aromatic N) is 3. The predicted molar refractivity (Wildman–Crippen MR) is 128 cm³/mol. The number of sulfonamides is 1.